The summed E-state index contributed by atoms with van der Waals surface area (Å²) in [5.74, 6) is 0.710. The Morgan fingerprint density at radius 1 is 1.23 bits per heavy atom. The zero-order valence-electron chi connectivity index (χ0n) is 12.6. The van der Waals surface area contributed by atoms with Gasteiger partial charge in [0.05, 0.1) is 19.8 Å². The monoisotopic (exact) mass is 303 g/mol. The minimum Gasteiger partial charge on any atom is -0.497 e. The Morgan fingerprint density at radius 2 is 2.00 bits per heavy atom. The van der Waals surface area contributed by atoms with Gasteiger partial charge >= 0.3 is 5.97 Å². The van der Waals surface area contributed by atoms with Crippen LogP contribution in [-0.2, 0) is 0 Å². The molecule has 0 aliphatic carbocycles. The molecule has 0 amide bonds. The number of carboxylic acids is 1. The molecule has 2 rings (SSSR count). The number of hydrogen-bond acceptors (Lipinski definition) is 6. The molecule has 0 unspecified atom stereocenters. The van der Waals surface area contributed by atoms with E-state index in [1.54, 1.807) is 25.3 Å². The van der Waals surface area contributed by atoms with Crippen LogP contribution in [0.4, 0.5) is 5.82 Å². The smallest absolute Gasteiger partial charge is 0.354 e. The largest absolute Gasteiger partial charge is 0.497 e. The maximum absolute atomic E-state index is 11.2. The quantitative estimate of drug-likeness (QED) is 0.845. The van der Waals surface area contributed by atoms with Gasteiger partial charge in [0.25, 0.3) is 0 Å². The lowest BCUT2D eigenvalue weighted by Gasteiger charge is -2.11. The van der Waals surface area contributed by atoms with Crippen molar-refractivity contribution in [2.24, 2.45) is 0 Å². The van der Waals surface area contributed by atoms with Crippen molar-refractivity contribution < 1.29 is 19.4 Å². The Hall–Kier alpha value is -2.83. The number of methoxy groups -OCH3 is 2. The Kier molecular flexibility index (Phi) is 4.77. The van der Waals surface area contributed by atoms with Crippen molar-refractivity contribution in [3.05, 3.63) is 30.0 Å². The first-order valence-electron chi connectivity index (χ1n) is 6.67. The molecule has 1 aromatic carbocycles. The molecule has 0 radical (unpaired) electrons. The minimum absolute atomic E-state index is 0.0918. The van der Waals surface area contributed by atoms with Crippen LogP contribution in [0.2, 0.25) is 0 Å². The van der Waals surface area contributed by atoms with Crippen molar-refractivity contribution in [1.82, 2.24) is 9.97 Å². The lowest BCUT2D eigenvalue weighted by molar-refractivity contribution is 0.0690. The lowest BCUT2D eigenvalue weighted by Crippen LogP contribution is -2.08. The number of nitrogens with zero attached hydrogens (tertiary/aromatic N) is 2. The molecule has 0 saturated heterocycles. The second-order valence-corrected chi connectivity index (χ2v) is 4.36. The van der Waals surface area contributed by atoms with Crippen LogP contribution < -0.4 is 14.8 Å². The number of anilines is 1. The van der Waals surface area contributed by atoms with Gasteiger partial charge in [0.1, 0.15) is 17.3 Å². The molecule has 1 aromatic heterocycles. The average molecular weight is 303 g/mol. The van der Waals surface area contributed by atoms with Gasteiger partial charge in [0, 0.05) is 12.6 Å². The summed E-state index contributed by atoms with van der Waals surface area (Å²) in [4.78, 5) is 19.7. The summed E-state index contributed by atoms with van der Waals surface area (Å²) in [5.41, 5.74) is 0.468. The van der Waals surface area contributed by atoms with Crippen LogP contribution in [0.3, 0.4) is 0 Å². The van der Waals surface area contributed by atoms with Gasteiger partial charge < -0.3 is 19.9 Å². The first-order valence-corrected chi connectivity index (χ1v) is 6.67. The SMILES string of the molecule is CCNc1cc(C(=O)O)nc(-c2cc(OC)ccc2OC)n1. The van der Waals surface area contributed by atoms with Gasteiger partial charge in [0.15, 0.2) is 11.5 Å². The summed E-state index contributed by atoms with van der Waals surface area (Å²) in [6.45, 7) is 2.51. The molecule has 7 heteroatoms. The molecule has 0 saturated carbocycles. The highest BCUT2D eigenvalue weighted by molar-refractivity contribution is 5.87. The van der Waals surface area contributed by atoms with E-state index in [0.717, 1.165) is 0 Å². The van der Waals surface area contributed by atoms with E-state index >= 15 is 0 Å². The molecule has 2 N–H and O–H groups in total. The number of rotatable bonds is 6. The Bertz CT molecular complexity index is 688. The zero-order valence-corrected chi connectivity index (χ0v) is 12.6. The average Bonchev–Trinajstić information content (AvgIpc) is 2.54. The summed E-state index contributed by atoms with van der Waals surface area (Å²) in [7, 11) is 3.07. The number of benzene rings is 1. The van der Waals surface area contributed by atoms with E-state index in [0.29, 0.717) is 29.4 Å². The predicted octanol–water partition coefficient (Wildman–Crippen LogP) is 2.29. The van der Waals surface area contributed by atoms with E-state index in [4.69, 9.17) is 9.47 Å². The third-order valence-corrected chi connectivity index (χ3v) is 2.95. The third kappa shape index (κ3) is 3.25. The highest BCUT2D eigenvalue weighted by atomic mass is 16.5. The van der Waals surface area contributed by atoms with E-state index in [1.807, 2.05) is 6.92 Å². The summed E-state index contributed by atoms with van der Waals surface area (Å²) in [5, 5.41) is 12.2. The summed E-state index contributed by atoms with van der Waals surface area (Å²) >= 11 is 0. The van der Waals surface area contributed by atoms with Crippen molar-refractivity contribution in [1.29, 1.82) is 0 Å². The molecular weight excluding hydrogens is 286 g/mol. The lowest BCUT2D eigenvalue weighted by atomic mass is 10.1. The van der Waals surface area contributed by atoms with Crippen LogP contribution in [0, 0.1) is 0 Å². The molecule has 0 atom stereocenters. The maximum atomic E-state index is 11.2. The zero-order chi connectivity index (χ0) is 16.1. The fourth-order valence-corrected chi connectivity index (χ4v) is 1.94. The van der Waals surface area contributed by atoms with Crippen molar-refractivity contribution in [3.63, 3.8) is 0 Å². The molecule has 0 aliphatic heterocycles. The van der Waals surface area contributed by atoms with Crippen molar-refractivity contribution in [3.8, 4) is 22.9 Å². The molecule has 7 nitrogen and oxygen atoms in total. The number of ether oxygens (including phenoxy) is 2. The van der Waals surface area contributed by atoms with Crippen LogP contribution in [0.15, 0.2) is 24.3 Å². The second kappa shape index (κ2) is 6.75. The van der Waals surface area contributed by atoms with Gasteiger partial charge in [-0.2, -0.15) is 0 Å². The first-order chi connectivity index (χ1) is 10.6. The Labute approximate surface area is 127 Å². The van der Waals surface area contributed by atoms with Gasteiger partial charge in [-0.1, -0.05) is 0 Å². The van der Waals surface area contributed by atoms with Crippen molar-refractivity contribution in [2.75, 3.05) is 26.1 Å². The molecule has 22 heavy (non-hydrogen) atoms. The topological polar surface area (TPSA) is 93.6 Å². The number of carboxylic acid groups (broad SMARTS) is 1. The molecule has 0 spiro atoms. The number of aromatic carboxylic acids is 1. The van der Waals surface area contributed by atoms with E-state index in [1.165, 1.54) is 13.2 Å². The number of aromatic nitrogens is 2. The fourth-order valence-electron chi connectivity index (χ4n) is 1.94. The second-order valence-electron chi connectivity index (χ2n) is 4.36. The molecule has 1 heterocycles. The predicted molar refractivity (Wildman–Crippen MR) is 81.7 cm³/mol. The summed E-state index contributed by atoms with van der Waals surface area (Å²) < 4.78 is 10.5. The maximum Gasteiger partial charge on any atom is 0.354 e. The molecule has 0 fully saturated rings. The standard InChI is InChI=1S/C15H17N3O4/c1-4-16-13-8-11(15(19)20)17-14(18-13)10-7-9(21-2)5-6-12(10)22-3/h5-8H,4H2,1-3H3,(H,19,20)(H,16,17,18). The van der Waals surface area contributed by atoms with Gasteiger partial charge in [-0.05, 0) is 25.1 Å². The third-order valence-electron chi connectivity index (χ3n) is 2.95. The normalized spacial score (nSPS) is 10.1. The van der Waals surface area contributed by atoms with Crippen LogP contribution in [-0.4, -0.2) is 41.8 Å². The molecule has 2 aromatic rings. The fraction of sp³-hybridized carbons (Fsp3) is 0.267. The van der Waals surface area contributed by atoms with Crippen LogP contribution in [0.5, 0.6) is 11.5 Å². The van der Waals surface area contributed by atoms with E-state index in [9.17, 15) is 9.90 Å². The van der Waals surface area contributed by atoms with Gasteiger partial charge in [-0.3, -0.25) is 0 Å². The molecule has 116 valence electrons. The van der Waals surface area contributed by atoms with Gasteiger partial charge in [-0.15, -0.1) is 0 Å². The highest BCUT2D eigenvalue weighted by Gasteiger charge is 2.15. The van der Waals surface area contributed by atoms with E-state index in [-0.39, 0.29) is 11.5 Å². The number of hydrogen-bond donors (Lipinski definition) is 2. The first kappa shape index (κ1) is 15.6. The number of carbonyl (C=O) groups is 1. The van der Waals surface area contributed by atoms with Crippen molar-refractivity contribution in [2.45, 2.75) is 6.92 Å². The molecular formula is C15H17N3O4. The van der Waals surface area contributed by atoms with Crippen LogP contribution >= 0.6 is 0 Å². The molecule has 0 bridgehead atoms. The van der Waals surface area contributed by atoms with E-state index < -0.39 is 5.97 Å². The van der Waals surface area contributed by atoms with Crippen LogP contribution in [0.25, 0.3) is 11.4 Å². The van der Waals surface area contributed by atoms with Crippen LogP contribution in [0.1, 0.15) is 17.4 Å². The van der Waals surface area contributed by atoms with Crippen molar-refractivity contribution >= 4 is 11.8 Å². The highest BCUT2D eigenvalue weighted by Crippen LogP contribution is 2.32. The van der Waals surface area contributed by atoms with Gasteiger partial charge in [-0.25, -0.2) is 14.8 Å². The Morgan fingerprint density at radius 3 is 2.59 bits per heavy atom. The van der Waals surface area contributed by atoms with Gasteiger partial charge in [0.2, 0.25) is 0 Å². The Balaban J connectivity index is 2.62. The minimum atomic E-state index is -1.12. The number of nitrogens with one attached hydrogen (secondary N) is 1. The summed E-state index contributed by atoms with van der Waals surface area (Å²) in [6.07, 6.45) is 0. The molecule has 0 aliphatic rings. The van der Waals surface area contributed by atoms with E-state index in [2.05, 4.69) is 15.3 Å². The summed E-state index contributed by atoms with van der Waals surface area (Å²) in [6, 6.07) is 6.56.